The molecular weight excluding hydrogens is 510 g/mol. The van der Waals surface area contributed by atoms with Gasteiger partial charge in [0, 0.05) is 58.8 Å². The van der Waals surface area contributed by atoms with Crippen molar-refractivity contribution in [1.29, 1.82) is 0 Å². The Hall–Kier alpha value is -2.07. The largest absolute Gasteiger partial charge is 0.379 e. The molecule has 0 unspecified atom stereocenters. The van der Waals surface area contributed by atoms with Crippen molar-refractivity contribution in [2.24, 2.45) is 0 Å². The van der Waals surface area contributed by atoms with Gasteiger partial charge in [-0.2, -0.15) is 0 Å². The smallest absolute Gasteiger partial charge is 0.272 e. The second-order valence-corrected chi connectivity index (χ2v) is 11.1. The number of carbonyl (C=O) groups is 2. The predicted octanol–water partition coefficient (Wildman–Crippen LogP) is 5.23. The fourth-order valence-corrected chi connectivity index (χ4v) is 3.92. The molecule has 0 saturated carbocycles. The van der Waals surface area contributed by atoms with Crippen LogP contribution in [0.25, 0.3) is 0 Å². The Morgan fingerprint density at radius 3 is 1.25 bits per heavy atom. The zero-order valence-electron chi connectivity index (χ0n) is 26.3. The number of hydrogen-bond acceptors (Lipinski definition) is 7. The van der Waals surface area contributed by atoms with Crippen LogP contribution in [0.3, 0.4) is 0 Å². The lowest BCUT2D eigenvalue weighted by Crippen LogP contribution is -2.35. The van der Waals surface area contributed by atoms with E-state index in [0.717, 1.165) is 25.7 Å². The number of pyridine rings is 1. The lowest BCUT2D eigenvalue weighted by Gasteiger charge is -2.24. The van der Waals surface area contributed by atoms with Gasteiger partial charge < -0.3 is 28.7 Å². The quantitative estimate of drug-likeness (QED) is 0.178. The summed E-state index contributed by atoms with van der Waals surface area (Å²) in [5.74, 6) is -0.254. The Kier molecular flexibility index (Phi) is 18.7. The highest BCUT2D eigenvalue weighted by molar-refractivity contribution is 5.96. The van der Waals surface area contributed by atoms with Crippen LogP contribution in [0.1, 0.15) is 102 Å². The number of hydrogen-bond donors (Lipinski definition) is 0. The van der Waals surface area contributed by atoms with Gasteiger partial charge in [0.05, 0.1) is 30.0 Å². The van der Waals surface area contributed by atoms with E-state index in [1.165, 1.54) is 6.20 Å². The standard InChI is InChI=1S/C31H55N3O6/c1-24(2)37-19-9-15-33(16-10-20-38-25(3)4)30(35)28-13-14-29(32-23-28)31(36)34(17-11-21-39-26(5)6)18-12-22-40-27(7)8/h13-14,23-27H,9-12,15-22H2,1-8H3. The van der Waals surface area contributed by atoms with Crippen molar-refractivity contribution in [1.82, 2.24) is 14.8 Å². The number of nitrogens with zero attached hydrogens (tertiary/aromatic N) is 3. The van der Waals surface area contributed by atoms with E-state index < -0.39 is 0 Å². The zero-order valence-corrected chi connectivity index (χ0v) is 26.3. The van der Waals surface area contributed by atoms with E-state index >= 15 is 0 Å². The van der Waals surface area contributed by atoms with Crippen molar-refractivity contribution >= 4 is 11.8 Å². The second-order valence-electron chi connectivity index (χ2n) is 11.1. The Labute approximate surface area is 242 Å². The van der Waals surface area contributed by atoms with E-state index in [-0.39, 0.29) is 36.2 Å². The van der Waals surface area contributed by atoms with Crippen molar-refractivity contribution in [2.45, 2.75) is 105 Å². The molecule has 230 valence electrons. The van der Waals surface area contributed by atoms with Gasteiger partial charge in [-0.05, 0) is 93.2 Å². The number of carbonyl (C=O) groups excluding carboxylic acids is 2. The number of rotatable bonds is 22. The summed E-state index contributed by atoms with van der Waals surface area (Å²) in [6.07, 6.45) is 5.10. The van der Waals surface area contributed by atoms with Gasteiger partial charge in [-0.15, -0.1) is 0 Å². The van der Waals surface area contributed by atoms with Gasteiger partial charge in [0.15, 0.2) is 0 Å². The molecule has 0 aliphatic heterocycles. The van der Waals surface area contributed by atoms with Crippen LogP contribution in [0.5, 0.6) is 0 Å². The van der Waals surface area contributed by atoms with Gasteiger partial charge >= 0.3 is 0 Å². The third-order valence-electron chi connectivity index (χ3n) is 5.90. The molecule has 1 rings (SSSR count). The molecule has 0 N–H and O–H groups in total. The van der Waals surface area contributed by atoms with Gasteiger partial charge in [0.2, 0.25) is 0 Å². The minimum Gasteiger partial charge on any atom is -0.379 e. The third kappa shape index (κ3) is 16.3. The fraction of sp³-hybridized carbons (Fsp3) is 0.774. The van der Waals surface area contributed by atoms with Crippen LogP contribution < -0.4 is 0 Å². The molecule has 2 amide bonds. The fourth-order valence-electron chi connectivity index (χ4n) is 3.92. The van der Waals surface area contributed by atoms with Gasteiger partial charge in [0.25, 0.3) is 11.8 Å². The van der Waals surface area contributed by atoms with Crippen molar-refractivity contribution in [2.75, 3.05) is 52.6 Å². The van der Waals surface area contributed by atoms with Gasteiger partial charge in [0.1, 0.15) is 5.69 Å². The van der Waals surface area contributed by atoms with E-state index in [1.54, 1.807) is 17.0 Å². The molecule has 0 aliphatic rings. The SMILES string of the molecule is CC(C)OCCCN(CCCOC(C)C)C(=O)c1ccc(C(=O)N(CCCOC(C)C)CCCOC(C)C)nc1. The van der Waals surface area contributed by atoms with Crippen LogP contribution in [0, 0.1) is 0 Å². The molecule has 9 nitrogen and oxygen atoms in total. The molecule has 0 aliphatic carbocycles. The number of amides is 2. The first kappa shape index (κ1) is 36.0. The molecule has 0 spiro atoms. The van der Waals surface area contributed by atoms with Crippen molar-refractivity contribution in [3.63, 3.8) is 0 Å². The molecule has 0 bridgehead atoms. The van der Waals surface area contributed by atoms with E-state index in [4.69, 9.17) is 18.9 Å². The maximum absolute atomic E-state index is 13.4. The van der Waals surface area contributed by atoms with E-state index in [2.05, 4.69) is 4.98 Å². The second kappa shape index (κ2) is 20.8. The number of ether oxygens (including phenoxy) is 4. The highest BCUT2D eigenvalue weighted by atomic mass is 16.5. The molecule has 0 aromatic carbocycles. The summed E-state index contributed by atoms with van der Waals surface area (Å²) in [4.78, 5) is 34.7. The summed E-state index contributed by atoms with van der Waals surface area (Å²) in [6, 6.07) is 3.35. The topological polar surface area (TPSA) is 90.4 Å². The molecular formula is C31H55N3O6. The van der Waals surface area contributed by atoms with Crippen LogP contribution in [0.15, 0.2) is 18.3 Å². The van der Waals surface area contributed by atoms with Gasteiger partial charge in [-0.1, -0.05) is 0 Å². The Balaban J connectivity index is 2.87. The molecule has 0 fully saturated rings. The molecule has 0 saturated heterocycles. The highest BCUT2D eigenvalue weighted by Crippen LogP contribution is 2.11. The van der Waals surface area contributed by atoms with Crippen molar-refractivity contribution in [3.05, 3.63) is 29.6 Å². The Morgan fingerprint density at radius 2 is 0.950 bits per heavy atom. The molecule has 1 aromatic heterocycles. The van der Waals surface area contributed by atoms with Gasteiger partial charge in [-0.3, -0.25) is 14.6 Å². The first-order valence-electron chi connectivity index (χ1n) is 15.0. The summed E-state index contributed by atoms with van der Waals surface area (Å²) in [5.41, 5.74) is 0.793. The monoisotopic (exact) mass is 565 g/mol. The summed E-state index contributed by atoms with van der Waals surface area (Å²) < 4.78 is 22.6. The molecule has 0 radical (unpaired) electrons. The Bertz CT molecular complexity index is 715. The third-order valence-corrected chi connectivity index (χ3v) is 5.90. The highest BCUT2D eigenvalue weighted by Gasteiger charge is 2.20. The molecule has 0 atom stereocenters. The first-order chi connectivity index (χ1) is 19.0. The average molecular weight is 566 g/mol. The maximum atomic E-state index is 13.4. The summed E-state index contributed by atoms with van der Waals surface area (Å²) in [7, 11) is 0. The molecule has 1 aromatic rings. The summed E-state index contributed by atoms with van der Waals surface area (Å²) in [5, 5.41) is 0. The Morgan fingerprint density at radius 1 is 0.600 bits per heavy atom. The molecule has 1 heterocycles. The predicted molar refractivity (Wildman–Crippen MR) is 159 cm³/mol. The van der Waals surface area contributed by atoms with Crippen LogP contribution >= 0.6 is 0 Å². The average Bonchev–Trinajstić information content (AvgIpc) is 2.90. The van der Waals surface area contributed by atoms with Gasteiger partial charge in [-0.25, -0.2) is 0 Å². The first-order valence-corrected chi connectivity index (χ1v) is 15.0. The van der Waals surface area contributed by atoms with Crippen LogP contribution in [-0.2, 0) is 18.9 Å². The van der Waals surface area contributed by atoms with E-state index in [1.807, 2.05) is 60.3 Å². The van der Waals surface area contributed by atoms with E-state index in [9.17, 15) is 9.59 Å². The van der Waals surface area contributed by atoms with E-state index in [0.29, 0.717) is 63.9 Å². The summed E-state index contributed by atoms with van der Waals surface area (Å²) in [6.45, 7) is 20.7. The van der Waals surface area contributed by atoms with Crippen LogP contribution in [0.4, 0.5) is 0 Å². The molecule has 9 heteroatoms. The lowest BCUT2D eigenvalue weighted by molar-refractivity contribution is 0.0524. The minimum atomic E-state index is -0.151. The number of aromatic nitrogens is 1. The van der Waals surface area contributed by atoms with Crippen molar-refractivity contribution < 1.29 is 28.5 Å². The normalized spacial score (nSPS) is 11.7. The lowest BCUT2D eigenvalue weighted by atomic mass is 10.2. The zero-order chi connectivity index (χ0) is 29.9. The molecule has 40 heavy (non-hydrogen) atoms. The minimum absolute atomic E-state index is 0.103. The summed E-state index contributed by atoms with van der Waals surface area (Å²) >= 11 is 0. The van der Waals surface area contributed by atoms with Crippen LogP contribution in [0.2, 0.25) is 0 Å². The van der Waals surface area contributed by atoms with Crippen LogP contribution in [-0.4, -0.2) is 104 Å². The van der Waals surface area contributed by atoms with Crippen molar-refractivity contribution in [3.8, 4) is 0 Å². The maximum Gasteiger partial charge on any atom is 0.272 e.